The van der Waals surface area contributed by atoms with Crippen molar-refractivity contribution in [3.63, 3.8) is 0 Å². The minimum Gasteiger partial charge on any atom is -0.508 e. The van der Waals surface area contributed by atoms with Crippen molar-refractivity contribution in [2.45, 2.75) is 32.7 Å². The van der Waals surface area contributed by atoms with Crippen LogP contribution in [0.3, 0.4) is 0 Å². The van der Waals surface area contributed by atoms with E-state index in [1.54, 1.807) is 26.0 Å². The number of nitrogens with two attached hydrogens (primary N) is 1. The Balaban J connectivity index is 3.13. The molecule has 0 saturated heterocycles. The second-order valence-electron chi connectivity index (χ2n) is 4.15. The highest BCUT2D eigenvalue weighted by molar-refractivity contribution is 5.74. The Hall–Kier alpha value is -1.55. The van der Waals surface area contributed by atoms with Gasteiger partial charge in [0, 0.05) is 5.92 Å². The van der Waals surface area contributed by atoms with Crippen LogP contribution in [0.4, 0.5) is 0 Å². The van der Waals surface area contributed by atoms with Crippen LogP contribution >= 0.6 is 0 Å². The van der Waals surface area contributed by atoms with Gasteiger partial charge in [-0.3, -0.25) is 4.79 Å². The fraction of sp³-hybridized carbons (Fsp3) is 0.417. The Kier molecular flexibility index (Phi) is 3.55. The Bertz CT molecular complexity index is 415. The van der Waals surface area contributed by atoms with E-state index in [9.17, 15) is 9.90 Å². The van der Waals surface area contributed by atoms with E-state index in [1.165, 1.54) is 0 Å². The maximum Gasteiger partial charge on any atom is 0.321 e. The predicted octanol–water partition coefficient (Wildman–Crippen LogP) is 1.52. The number of phenolic OH excluding ortho intramolecular Hbond substituents is 1. The minimum atomic E-state index is -1.02. The lowest BCUT2D eigenvalue weighted by molar-refractivity contribution is -0.139. The first-order valence-electron chi connectivity index (χ1n) is 5.13. The molecule has 0 aromatic heterocycles. The normalized spacial score (nSPS) is 14.5. The fourth-order valence-electron chi connectivity index (χ4n) is 1.72. The van der Waals surface area contributed by atoms with E-state index < -0.39 is 12.0 Å². The number of hydrogen-bond acceptors (Lipinski definition) is 3. The van der Waals surface area contributed by atoms with Crippen LogP contribution in [0.2, 0.25) is 0 Å². The molecule has 2 atom stereocenters. The second-order valence-corrected chi connectivity index (χ2v) is 4.15. The molecule has 0 spiro atoms. The van der Waals surface area contributed by atoms with Gasteiger partial charge in [-0.25, -0.2) is 0 Å². The van der Waals surface area contributed by atoms with Gasteiger partial charge in [-0.05, 0) is 36.6 Å². The molecule has 0 aliphatic heterocycles. The summed E-state index contributed by atoms with van der Waals surface area (Å²) in [4.78, 5) is 10.8. The molecule has 1 rings (SSSR count). The minimum absolute atomic E-state index is 0.220. The van der Waals surface area contributed by atoms with Crippen LogP contribution in [0.5, 0.6) is 5.75 Å². The molecule has 0 aliphatic rings. The van der Waals surface area contributed by atoms with E-state index in [2.05, 4.69) is 0 Å². The average Bonchev–Trinajstić information content (AvgIpc) is 2.21. The van der Waals surface area contributed by atoms with Gasteiger partial charge in [-0.2, -0.15) is 0 Å². The third-order valence-electron chi connectivity index (χ3n) is 2.90. The van der Waals surface area contributed by atoms with Crippen LogP contribution < -0.4 is 5.73 Å². The molecule has 4 nitrogen and oxygen atoms in total. The number of benzene rings is 1. The van der Waals surface area contributed by atoms with E-state index >= 15 is 0 Å². The van der Waals surface area contributed by atoms with Crippen LogP contribution in [0.15, 0.2) is 12.1 Å². The van der Waals surface area contributed by atoms with Gasteiger partial charge in [0.25, 0.3) is 0 Å². The van der Waals surface area contributed by atoms with Crippen LogP contribution in [-0.4, -0.2) is 22.2 Å². The molecule has 1 aromatic carbocycles. The van der Waals surface area contributed by atoms with Crippen LogP contribution in [-0.2, 0) is 4.79 Å². The molecule has 88 valence electrons. The zero-order valence-corrected chi connectivity index (χ0v) is 9.69. The summed E-state index contributed by atoms with van der Waals surface area (Å²) in [5.41, 5.74) is 8.03. The number of carbonyl (C=O) groups is 1. The van der Waals surface area contributed by atoms with Gasteiger partial charge < -0.3 is 15.9 Å². The summed E-state index contributed by atoms with van der Waals surface area (Å²) in [6.45, 7) is 5.38. The van der Waals surface area contributed by atoms with Crippen molar-refractivity contribution in [2.75, 3.05) is 0 Å². The Morgan fingerprint density at radius 1 is 1.31 bits per heavy atom. The summed E-state index contributed by atoms with van der Waals surface area (Å²) < 4.78 is 0. The summed E-state index contributed by atoms with van der Waals surface area (Å²) in [6.07, 6.45) is 0. The van der Waals surface area contributed by atoms with Gasteiger partial charge >= 0.3 is 5.97 Å². The zero-order valence-electron chi connectivity index (χ0n) is 9.69. The predicted molar refractivity (Wildman–Crippen MR) is 61.6 cm³/mol. The van der Waals surface area contributed by atoms with E-state index in [0.29, 0.717) is 0 Å². The van der Waals surface area contributed by atoms with E-state index in [0.717, 1.165) is 16.7 Å². The van der Waals surface area contributed by atoms with Crippen molar-refractivity contribution in [1.29, 1.82) is 0 Å². The summed E-state index contributed by atoms with van der Waals surface area (Å²) >= 11 is 0. The second kappa shape index (κ2) is 4.53. The van der Waals surface area contributed by atoms with Gasteiger partial charge in [0.1, 0.15) is 11.8 Å². The standard InChI is InChI=1S/C12H17NO3/c1-6-5-10(14)7(2)4-9(6)8(3)11(13)12(15)16/h4-5,8,11,14H,13H2,1-3H3,(H,15,16)/t8?,11-/m0/s1. The lowest BCUT2D eigenvalue weighted by Gasteiger charge is -2.19. The highest BCUT2D eigenvalue weighted by Crippen LogP contribution is 2.28. The van der Waals surface area contributed by atoms with Gasteiger partial charge in [0.2, 0.25) is 0 Å². The Morgan fingerprint density at radius 2 is 1.88 bits per heavy atom. The van der Waals surface area contributed by atoms with Gasteiger partial charge in [-0.15, -0.1) is 0 Å². The highest BCUT2D eigenvalue weighted by atomic mass is 16.4. The molecule has 0 radical (unpaired) electrons. The molecule has 16 heavy (non-hydrogen) atoms. The number of carboxylic acid groups (broad SMARTS) is 1. The average molecular weight is 223 g/mol. The van der Waals surface area contributed by atoms with Crippen LogP contribution in [0.1, 0.15) is 29.5 Å². The largest absolute Gasteiger partial charge is 0.508 e. The zero-order chi connectivity index (χ0) is 12.5. The van der Waals surface area contributed by atoms with Crippen molar-refractivity contribution in [1.82, 2.24) is 0 Å². The van der Waals surface area contributed by atoms with Gasteiger partial charge in [-0.1, -0.05) is 13.0 Å². The molecule has 0 heterocycles. The van der Waals surface area contributed by atoms with Crippen molar-refractivity contribution in [3.8, 4) is 5.75 Å². The molecular weight excluding hydrogens is 206 g/mol. The van der Waals surface area contributed by atoms with Gasteiger partial charge in [0.05, 0.1) is 0 Å². The topological polar surface area (TPSA) is 83.6 Å². The first kappa shape index (κ1) is 12.5. The maximum atomic E-state index is 10.8. The molecule has 0 saturated carbocycles. The third-order valence-corrected chi connectivity index (χ3v) is 2.90. The molecule has 0 fully saturated rings. The van der Waals surface area contributed by atoms with Crippen molar-refractivity contribution >= 4 is 5.97 Å². The molecule has 0 bridgehead atoms. The number of aliphatic carboxylic acids is 1. The number of hydrogen-bond donors (Lipinski definition) is 3. The van der Waals surface area contributed by atoms with E-state index in [4.69, 9.17) is 10.8 Å². The lowest BCUT2D eigenvalue weighted by Crippen LogP contribution is -2.35. The summed E-state index contributed by atoms with van der Waals surface area (Å²) in [5, 5.41) is 18.4. The fourth-order valence-corrected chi connectivity index (χ4v) is 1.72. The van der Waals surface area contributed by atoms with Crippen molar-refractivity contribution < 1.29 is 15.0 Å². The number of aryl methyl sites for hydroxylation is 2. The first-order valence-corrected chi connectivity index (χ1v) is 5.13. The monoisotopic (exact) mass is 223 g/mol. The lowest BCUT2D eigenvalue weighted by atomic mass is 9.89. The number of carboxylic acids is 1. The molecule has 1 unspecified atom stereocenters. The highest BCUT2D eigenvalue weighted by Gasteiger charge is 2.23. The van der Waals surface area contributed by atoms with E-state index in [-0.39, 0.29) is 11.7 Å². The molecular formula is C12H17NO3. The first-order chi connectivity index (χ1) is 7.34. The van der Waals surface area contributed by atoms with Gasteiger partial charge in [0.15, 0.2) is 0 Å². The molecule has 0 amide bonds. The quantitative estimate of drug-likeness (QED) is 0.725. The maximum absolute atomic E-state index is 10.8. The van der Waals surface area contributed by atoms with Crippen molar-refractivity contribution in [2.24, 2.45) is 5.73 Å². The summed E-state index contributed by atoms with van der Waals surface area (Å²) in [7, 11) is 0. The Labute approximate surface area is 94.7 Å². The number of phenols is 1. The summed E-state index contributed by atoms with van der Waals surface area (Å²) in [6, 6.07) is 2.50. The smallest absolute Gasteiger partial charge is 0.321 e. The number of aromatic hydroxyl groups is 1. The molecule has 0 aliphatic carbocycles. The van der Waals surface area contributed by atoms with Crippen LogP contribution in [0, 0.1) is 13.8 Å². The number of rotatable bonds is 3. The SMILES string of the molecule is Cc1cc(C(C)[C@H](N)C(=O)O)c(C)cc1O. The van der Waals surface area contributed by atoms with Crippen LogP contribution in [0.25, 0.3) is 0 Å². The molecule has 4 N–H and O–H groups in total. The van der Waals surface area contributed by atoms with E-state index in [1.807, 2.05) is 6.92 Å². The Morgan fingerprint density at radius 3 is 2.38 bits per heavy atom. The van der Waals surface area contributed by atoms with Crippen molar-refractivity contribution in [3.05, 3.63) is 28.8 Å². The summed E-state index contributed by atoms with van der Waals surface area (Å²) in [5.74, 6) is -1.08. The third kappa shape index (κ3) is 2.33. The molecule has 4 heteroatoms. The molecule has 1 aromatic rings.